The smallest absolute Gasteiger partial charge is 0.123 e. The van der Waals surface area contributed by atoms with Crippen LogP contribution in [0.1, 0.15) is 18.5 Å². The Morgan fingerprint density at radius 3 is 2.76 bits per heavy atom. The van der Waals surface area contributed by atoms with Crippen molar-refractivity contribution in [2.45, 2.75) is 13.0 Å². The molecule has 21 heavy (non-hydrogen) atoms. The number of para-hydroxylation sites is 1. The normalized spacial score (nSPS) is 12.3. The molecule has 0 saturated carbocycles. The van der Waals surface area contributed by atoms with E-state index >= 15 is 0 Å². The molecule has 0 fully saturated rings. The molecule has 2 aromatic carbocycles. The molecule has 0 spiro atoms. The molecule has 4 heteroatoms. The highest BCUT2D eigenvalue weighted by Gasteiger charge is 2.11. The van der Waals surface area contributed by atoms with Crippen LogP contribution in [0.15, 0.2) is 54.7 Å². The standard InChI is InChI=1S/C17H16FN3/c1-11(12-5-4-6-13(18)9-12)21-17-14-7-2-3-8-16(14)20-10-15(17)19/h2-11H,19H2,1H3,(H,20,21). The summed E-state index contributed by atoms with van der Waals surface area (Å²) in [4.78, 5) is 4.31. The van der Waals surface area contributed by atoms with Crippen molar-refractivity contribution in [2.75, 3.05) is 11.1 Å². The maximum Gasteiger partial charge on any atom is 0.123 e. The van der Waals surface area contributed by atoms with Crippen LogP contribution in [0.4, 0.5) is 15.8 Å². The van der Waals surface area contributed by atoms with Gasteiger partial charge in [0, 0.05) is 11.4 Å². The van der Waals surface area contributed by atoms with Crippen molar-refractivity contribution >= 4 is 22.3 Å². The van der Waals surface area contributed by atoms with E-state index in [2.05, 4.69) is 10.3 Å². The van der Waals surface area contributed by atoms with Gasteiger partial charge in [-0.1, -0.05) is 30.3 Å². The van der Waals surface area contributed by atoms with Crippen LogP contribution >= 0.6 is 0 Å². The first-order valence-electron chi connectivity index (χ1n) is 6.80. The van der Waals surface area contributed by atoms with Gasteiger partial charge in [-0.05, 0) is 30.7 Å². The Kier molecular flexibility index (Phi) is 3.44. The number of fused-ring (bicyclic) bond motifs is 1. The number of nitrogens with zero attached hydrogens (tertiary/aromatic N) is 1. The van der Waals surface area contributed by atoms with E-state index in [1.54, 1.807) is 12.3 Å². The summed E-state index contributed by atoms with van der Waals surface area (Å²) < 4.78 is 13.3. The van der Waals surface area contributed by atoms with Gasteiger partial charge in [-0.3, -0.25) is 4.98 Å². The average Bonchev–Trinajstić information content (AvgIpc) is 2.50. The molecule has 3 rings (SSSR count). The number of hydrogen-bond donors (Lipinski definition) is 2. The van der Waals surface area contributed by atoms with Gasteiger partial charge in [0.1, 0.15) is 5.82 Å². The van der Waals surface area contributed by atoms with E-state index in [-0.39, 0.29) is 11.9 Å². The maximum absolute atomic E-state index is 13.3. The highest BCUT2D eigenvalue weighted by molar-refractivity contribution is 5.96. The van der Waals surface area contributed by atoms with Gasteiger partial charge in [0.25, 0.3) is 0 Å². The van der Waals surface area contributed by atoms with E-state index in [0.717, 1.165) is 22.2 Å². The summed E-state index contributed by atoms with van der Waals surface area (Å²) >= 11 is 0. The molecule has 1 heterocycles. The second-order valence-electron chi connectivity index (χ2n) is 5.03. The van der Waals surface area contributed by atoms with E-state index in [1.807, 2.05) is 37.3 Å². The Balaban J connectivity index is 1.99. The molecule has 0 saturated heterocycles. The summed E-state index contributed by atoms with van der Waals surface area (Å²) in [6, 6.07) is 14.3. The summed E-state index contributed by atoms with van der Waals surface area (Å²) in [6.07, 6.45) is 1.64. The van der Waals surface area contributed by atoms with Gasteiger partial charge in [-0.15, -0.1) is 0 Å². The zero-order chi connectivity index (χ0) is 14.8. The maximum atomic E-state index is 13.3. The second kappa shape index (κ2) is 5.40. The monoisotopic (exact) mass is 281 g/mol. The minimum absolute atomic E-state index is 0.0613. The molecule has 3 nitrogen and oxygen atoms in total. The molecule has 0 aliphatic carbocycles. The molecular formula is C17H16FN3. The number of rotatable bonds is 3. The number of anilines is 2. The zero-order valence-corrected chi connectivity index (χ0v) is 11.7. The molecular weight excluding hydrogens is 265 g/mol. The fourth-order valence-electron chi connectivity index (χ4n) is 2.39. The fourth-order valence-corrected chi connectivity index (χ4v) is 2.39. The summed E-state index contributed by atoms with van der Waals surface area (Å²) in [7, 11) is 0. The van der Waals surface area contributed by atoms with E-state index < -0.39 is 0 Å². The Morgan fingerprint density at radius 2 is 1.95 bits per heavy atom. The average molecular weight is 281 g/mol. The van der Waals surface area contributed by atoms with Crippen molar-refractivity contribution in [3.05, 3.63) is 66.1 Å². The summed E-state index contributed by atoms with van der Waals surface area (Å²) in [6.45, 7) is 1.98. The van der Waals surface area contributed by atoms with Crippen molar-refractivity contribution < 1.29 is 4.39 Å². The Labute approximate surface area is 122 Å². The van der Waals surface area contributed by atoms with Crippen LogP contribution in [0.25, 0.3) is 10.9 Å². The number of nitrogen functional groups attached to an aromatic ring is 1. The van der Waals surface area contributed by atoms with Crippen LogP contribution in [0.2, 0.25) is 0 Å². The molecule has 1 unspecified atom stereocenters. The third-order valence-corrected chi connectivity index (χ3v) is 3.51. The SMILES string of the molecule is CC(Nc1c(N)cnc2ccccc12)c1cccc(F)c1. The van der Waals surface area contributed by atoms with E-state index in [9.17, 15) is 4.39 Å². The van der Waals surface area contributed by atoms with Crippen LogP contribution < -0.4 is 11.1 Å². The highest BCUT2D eigenvalue weighted by atomic mass is 19.1. The largest absolute Gasteiger partial charge is 0.396 e. The van der Waals surface area contributed by atoms with E-state index in [4.69, 9.17) is 5.73 Å². The zero-order valence-electron chi connectivity index (χ0n) is 11.7. The Morgan fingerprint density at radius 1 is 1.14 bits per heavy atom. The predicted octanol–water partition coefficient (Wildman–Crippen LogP) is 4.13. The van der Waals surface area contributed by atoms with Gasteiger partial charge < -0.3 is 11.1 Å². The van der Waals surface area contributed by atoms with Crippen LogP contribution in [0.5, 0.6) is 0 Å². The first-order valence-corrected chi connectivity index (χ1v) is 6.80. The minimum Gasteiger partial charge on any atom is -0.396 e. The molecule has 106 valence electrons. The molecule has 3 aromatic rings. The van der Waals surface area contributed by atoms with Crippen LogP contribution in [-0.2, 0) is 0 Å². The van der Waals surface area contributed by atoms with Crippen LogP contribution in [-0.4, -0.2) is 4.98 Å². The molecule has 3 N–H and O–H groups in total. The molecule has 1 atom stereocenters. The molecule has 0 bridgehead atoms. The van der Waals surface area contributed by atoms with Gasteiger partial charge in [0.05, 0.1) is 23.1 Å². The number of pyridine rings is 1. The number of nitrogens with two attached hydrogens (primary N) is 1. The molecule has 0 aliphatic rings. The molecule has 1 aromatic heterocycles. The van der Waals surface area contributed by atoms with Crippen molar-refractivity contribution in [3.63, 3.8) is 0 Å². The molecule has 0 radical (unpaired) electrons. The first kappa shape index (κ1) is 13.4. The van der Waals surface area contributed by atoms with Crippen molar-refractivity contribution in [3.8, 4) is 0 Å². The lowest BCUT2D eigenvalue weighted by atomic mass is 10.1. The quantitative estimate of drug-likeness (QED) is 0.759. The van der Waals surface area contributed by atoms with Crippen molar-refractivity contribution in [1.82, 2.24) is 4.98 Å². The third-order valence-electron chi connectivity index (χ3n) is 3.51. The number of halogens is 1. The fraction of sp³-hybridized carbons (Fsp3) is 0.118. The predicted molar refractivity (Wildman–Crippen MR) is 84.6 cm³/mol. The molecule has 0 aliphatic heterocycles. The lowest BCUT2D eigenvalue weighted by Crippen LogP contribution is -2.09. The van der Waals surface area contributed by atoms with Gasteiger partial charge in [-0.2, -0.15) is 0 Å². The number of hydrogen-bond acceptors (Lipinski definition) is 3. The lowest BCUT2D eigenvalue weighted by molar-refractivity contribution is 0.624. The second-order valence-corrected chi connectivity index (χ2v) is 5.03. The number of aromatic nitrogens is 1. The Bertz CT molecular complexity index is 786. The van der Waals surface area contributed by atoms with Gasteiger partial charge >= 0.3 is 0 Å². The van der Waals surface area contributed by atoms with E-state index in [0.29, 0.717) is 5.69 Å². The van der Waals surface area contributed by atoms with Gasteiger partial charge in [-0.25, -0.2) is 4.39 Å². The summed E-state index contributed by atoms with van der Waals surface area (Å²) in [5.74, 6) is -0.242. The van der Waals surface area contributed by atoms with Gasteiger partial charge in [0.15, 0.2) is 0 Å². The van der Waals surface area contributed by atoms with Crippen molar-refractivity contribution in [2.24, 2.45) is 0 Å². The number of benzene rings is 2. The number of nitrogens with one attached hydrogen (secondary N) is 1. The first-order chi connectivity index (χ1) is 10.1. The van der Waals surface area contributed by atoms with Crippen molar-refractivity contribution in [1.29, 1.82) is 0 Å². The summed E-state index contributed by atoms with van der Waals surface area (Å²) in [5, 5.41) is 4.32. The minimum atomic E-state index is -0.242. The Hall–Kier alpha value is -2.62. The van der Waals surface area contributed by atoms with Gasteiger partial charge in [0.2, 0.25) is 0 Å². The van der Waals surface area contributed by atoms with Crippen LogP contribution in [0.3, 0.4) is 0 Å². The third kappa shape index (κ3) is 2.65. The van der Waals surface area contributed by atoms with Crippen LogP contribution in [0, 0.1) is 5.82 Å². The lowest BCUT2D eigenvalue weighted by Gasteiger charge is -2.18. The topological polar surface area (TPSA) is 50.9 Å². The van der Waals surface area contributed by atoms with E-state index in [1.165, 1.54) is 12.1 Å². The highest BCUT2D eigenvalue weighted by Crippen LogP contribution is 2.31. The molecule has 0 amide bonds. The summed E-state index contributed by atoms with van der Waals surface area (Å²) in [5.41, 5.74) is 9.20.